The zero-order valence-electron chi connectivity index (χ0n) is 16.6. The van der Waals surface area contributed by atoms with Crippen molar-refractivity contribution in [1.82, 2.24) is 4.98 Å². The Balaban J connectivity index is 1.86. The molecule has 0 radical (unpaired) electrons. The summed E-state index contributed by atoms with van der Waals surface area (Å²) in [5.41, 5.74) is 0.334. The van der Waals surface area contributed by atoms with Crippen molar-refractivity contribution in [2.24, 2.45) is 5.92 Å². The highest BCUT2D eigenvalue weighted by molar-refractivity contribution is 7.90. The van der Waals surface area contributed by atoms with Gasteiger partial charge in [0.05, 0.1) is 15.8 Å². The van der Waals surface area contributed by atoms with Gasteiger partial charge in [0.15, 0.2) is 15.0 Å². The van der Waals surface area contributed by atoms with E-state index >= 15 is 0 Å². The number of anilines is 1. The summed E-state index contributed by atoms with van der Waals surface area (Å²) in [4.78, 5) is 39.4. The third-order valence-electron chi connectivity index (χ3n) is 5.28. The van der Waals surface area contributed by atoms with Crippen LogP contribution in [0.5, 0.6) is 0 Å². The smallest absolute Gasteiger partial charge is 0.378 e. The zero-order valence-corrected chi connectivity index (χ0v) is 19.0. The molecule has 1 fully saturated rings. The number of benzene rings is 1. The SMILES string of the molecule is CS(=O)(=O)c1ccc(C(CC2CCCC2)C(=O)Nc2nc(C(=O)C(=O)O)cs2)cc1Cl. The molecule has 0 saturated heterocycles. The van der Waals surface area contributed by atoms with Crippen LogP contribution >= 0.6 is 22.9 Å². The van der Waals surface area contributed by atoms with E-state index in [1.54, 1.807) is 6.07 Å². The lowest BCUT2D eigenvalue weighted by molar-refractivity contribution is -0.131. The maximum Gasteiger partial charge on any atom is 0.378 e. The highest BCUT2D eigenvalue weighted by Gasteiger charge is 2.29. The van der Waals surface area contributed by atoms with Crippen molar-refractivity contribution in [1.29, 1.82) is 0 Å². The molecule has 11 heteroatoms. The lowest BCUT2D eigenvalue weighted by Crippen LogP contribution is -2.23. The summed E-state index contributed by atoms with van der Waals surface area (Å²) in [5.74, 6) is -3.40. The van der Waals surface area contributed by atoms with Crippen molar-refractivity contribution in [2.75, 3.05) is 11.6 Å². The first kappa shape index (κ1) is 23.4. The summed E-state index contributed by atoms with van der Waals surface area (Å²) in [7, 11) is -3.50. The number of Topliss-reactive ketones (excluding diaryl/α,β-unsaturated/α-hetero) is 1. The van der Waals surface area contributed by atoms with E-state index in [4.69, 9.17) is 16.7 Å². The molecule has 1 aliphatic rings. The van der Waals surface area contributed by atoms with E-state index in [2.05, 4.69) is 10.3 Å². The van der Waals surface area contributed by atoms with E-state index in [1.807, 2.05) is 0 Å². The molecule has 3 rings (SSSR count). The Kier molecular flexibility index (Phi) is 7.13. The average molecular weight is 485 g/mol. The first-order chi connectivity index (χ1) is 14.6. The first-order valence-electron chi connectivity index (χ1n) is 9.59. The van der Waals surface area contributed by atoms with E-state index in [0.29, 0.717) is 17.9 Å². The topological polar surface area (TPSA) is 130 Å². The van der Waals surface area contributed by atoms with Gasteiger partial charge in [-0.15, -0.1) is 11.3 Å². The number of halogens is 1. The number of hydrogen-bond acceptors (Lipinski definition) is 7. The zero-order chi connectivity index (χ0) is 22.8. The summed E-state index contributed by atoms with van der Waals surface area (Å²) in [6, 6.07) is 4.48. The Bertz CT molecular complexity index is 1120. The molecule has 0 aliphatic heterocycles. The van der Waals surface area contributed by atoms with Crippen LogP contribution < -0.4 is 5.32 Å². The first-order valence-corrected chi connectivity index (χ1v) is 12.7. The quantitative estimate of drug-likeness (QED) is 0.430. The summed E-state index contributed by atoms with van der Waals surface area (Å²) in [5, 5.41) is 12.9. The molecule has 8 nitrogen and oxygen atoms in total. The average Bonchev–Trinajstić information content (AvgIpc) is 3.36. The molecular weight excluding hydrogens is 464 g/mol. The largest absolute Gasteiger partial charge is 0.475 e. The van der Waals surface area contributed by atoms with Gasteiger partial charge in [-0.05, 0) is 30.0 Å². The van der Waals surface area contributed by atoms with E-state index in [1.165, 1.54) is 17.5 Å². The molecule has 166 valence electrons. The Morgan fingerprint density at radius 2 is 1.97 bits per heavy atom. The number of aliphatic carboxylic acids is 1. The molecule has 1 aliphatic carbocycles. The van der Waals surface area contributed by atoms with E-state index in [9.17, 15) is 22.8 Å². The number of amides is 1. The van der Waals surface area contributed by atoms with Crippen molar-refractivity contribution in [3.63, 3.8) is 0 Å². The predicted octanol–water partition coefficient (Wildman–Crippen LogP) is 3.77. The molecule has 1 saturated carbocycles. The van der Waals surface area contributed by atoms with E-state index in [0.717, 1.165) is 43.3 Å². The van der Waals surface area contributed by atoms with Crippen LogP contribution in [0.25, 0.3) is 0 Å². The molecule has 31 heavy (non-hydrogen) atoms. The van der Waals surface area contributed by atoms with Gasteiger partial charge in [-0.25, -0.2) is 18.2 Å². The lowest BCUT2D eigenvalue weighted by atomic mass is 9.87. The number of aromatic nitrogens is 1. The highest BCUT2D eigenvalue weighted by Crippen LogP contribution is 2.36. The number of rotatable bonds is 8. The maximum atomic E-state index is 13.1. The second-order valence-corrected chi connectivity index (χ2v) is 10.8. The van der Waals surface area contributed by atoms with Gasteiger partial charge in [0.1, 0.15) is 5.69 Å². The molecule has 1 atom stereocenters. The second kappa shape index (κ2) is 9.46. The van der Waals surface area contributed by atoms with Crippen LogP contribution in [0.4, 0.5) is 5.13 Å². The van der Waals surface area contributed by atoms with Crippen LogP contribution in [-0.4, -0.2) is 42.4 Å². The molecular formula is C20H21ClN2O6S2. The number of nitrogens with one attached hydrogen (secondary N) is 1. The molecule has 1 heterocycles. The van der Waals surface area contributed by atoms with Gasteiger partial charge in [0.2, 0.25) is 5.91 Å². The van der Waals surface area contributed by atoms with Gasteiger partial charge in [-0.2, -0.15) is 0 Å². The number of carbonyl (C=O) groups excluding carboxylic acids is 2. The minimum absolute atomic E-state index is 0.00492. The summed E-state index contributed by atoms with van der Waals surface area (Å²) in [6.07, 6.45) is 5.84. The number of nitrogens with zero attached hydrogens (tertiary/aromatic N) is 1. The van der Waals surface area contributed by atoms with Crippen LogP contribution in [0, 0.1) is 5.92 Å². The number of carbonyl (C=O) groups is 3. The summed E-state index contributed by atoms with van der Waals surface area (Å²) in [6.45, 7) is 0. The standard InChI is InChI=1S/C20H21ClN2O6S2/c1-31(28,29)16-7-6-12(9-14(16)21)13(8-11-4-2-3-5-11)18(25)23-20-22-15(10-30-20)17(24)19(26)27/h6-7,9-11,13H,2-5,8H2,1H3,(H,26,27)(H,22,23,25). The van der Waals surface area contributed by atoms with Crippen molar-refractivity contribution in [2.45, 2.75) is 42.9 Å². The normalized spacial score (nSPS) is 15.5. The third-order valence-corrected chi connectivity index (χ3v) is 7.62. The van der Waals surface area contributed by atoms with Crippen LogP contribution in [-0.2, 0) is 19.4 Å². The van der Waals surface area contributed by atoms with Crippen LogP contribution in [0.15, 0.2) is 28.5 Å². The number of ketones is 1. The minimum atomic E-state index is -3.50. The molecule has 1 unspecified atom stereocenters. The van der Waals surface area contributed by atoms with Gasteiger partial charge >= 0.3 is 5.97 Å². The minimum Gasteiger partial charge on any atom is -0.475 e. The molecule has 2 aromatic rings. The van der Waals surface area contributed by atoms with Crippen molar-refractivity contribution in [3.05, 3.63) is 39.9 Å². The highest BCUT2D eigenvalue weighted by atomic mass is 35.5. The molecule has 2 N–H and O–H groups in total. The van der Waals surface area contributed by atoms with Crippen LogP contribution in [0.2, 0.25) is 5.02 Å². The molecule has 1 aromatic carbocycles. The lowest BCUT2D eigenvalue weighted by Gasteiger charge is -2.20. The molecule has 0 spiro atoms. The number of thiazole rings is 1. The van der Waals surface area contributed by atoms with Gasteiger partial charge in [0.25, 0.3) is 5.78 Å². The number of carboxylic acid groups (broad SMARTS) is 1. The van der Waals surface area contributed by atoms with E-state index in [-0.39, 0.29) is 26.7 Å². The molecule has 1 aromatic heterocycles. The maximum absolute atomic E-state index is 13.1. The third kappa shape index (κ3) is 5.69. The summed E-state index contributed by atoms with van der Waals surface area (Å²) < 4.78 is 23.7. The monoisotopic (exact) mass is 484 g/mol. The number of hydrogen-bond donors (Lipinski definition) is 2. The van der Waals surface area contributed by atoms with Crippen molar-refractivity contribution in [3.8, 4) is 0 Å². The van der Waals surface area contributed by atoms with Crippen molar-refractivity contribution < 1.29 is 27.9 Å². The fourth-order valence-electron chi connectivity index (χ4n) is 3.75. The van der Waals surface area contributed by atoms with Crippen molar-refractivity contribution >= 4 is 55.6 Å². The Morgan fingerprint density at radius 1 is 1.29 bits per heavy atom. The number of carboxylic acids is 1. The summed E-state index contributed by atoms with van der Waals surface area (Å²) >= 11 is 7.15. The Hall–Kier alpha value is -2.30. The van der Waals surface area contributed by atoms with Gasteiger partial charge in [-0.3, -0.25) is 9.59 Å². The molecule has 0 bridgehead atoms. The van der Waals surface area contributed by atoms with Crippen LogP contribution in [0.3, 0.4) is 0 Å². The Labute approximate surface area is 188 Å². The van der Waals surface area contributed by atoms with Gasteiger partial charge in [-0.1, -0.05) is 43.4 Å². The van der Waals surface area contributed by atoms with Crippen LogP contribution in [0.1, 0.15) is 54.1 Å². The number of sulfone groups is 1. The second-order valence-electron chi connectivity index (χ2n) is 7.56. The van der Waals surface area contributed by atoms with Gasteiger partial charge < -0.3 is 10.4 Å². The fraction of sp³-hybridized carbons (Fsp3) is 0.400. The Morgan fingerprint density at radius 3 is 2.55 bits per heavy atom. The predicted molar refractivity (Wildman–Crippen MR) is 117 cm³/mol. The van der Waals surface area contributed by atoms with Gasteiger partial charge in [0, 0.05) is 11.6 Å². The van der Waals surface area contributed by atoms with E-state index < -0.39 is 27.5 Å². The fourth-order valence-corrected chi connectivity index (χ4v) is 5.78. The molecule has 1 amide bonds.